The summed E-state index contributed by atoms with van der Waals surface area (Å²) in [5.74, 6) is -0.391. The third kappa shape index (κ3) is 7.59. The molecule has 0 saturated carbocycles. The Bertz CT molecular complexity index is 2050. The van der Waals surface area contributed by atoms with E-state index in [9.17, 15) is 19.2 Å². The molecule has 0 aliphatic carbocycles. The maximum absolute atomic E-state index is 14.4. The number of hydrazine groups is 1. The molecule has 264 valence electrons. The molecule has 0 radical (unpaired) electrons. The first-order valence-electron chi connectivity index (χ1n) is 17.3. The highest BCUT2D eigenvalue weighted by Gasteiger charge is 2.51. The molecule has 2 aliphatic rings. The number of rotatable bonds is 10. The van der Waals surface area contributed by atoms with Crippen molar-refractivity contribution < 1.29 is 23.9 Å². The number of carbonyl (C=O) groups is 4. The Morgan fingerprint density at radius 2 is 1.46 bits per heavy atom. The lowest BCUT2D eigenvalue weighted by Gasteiger charge is -2.46. The van der Waals surface area contributed by atoms with Crippen LogP contribution in [-0.4, -0.2) is 76.1 Å². The van der Waals surface area contributed by atoms with Gasteiger partial charge in [0, 0.05) is 32.2 Å². The minimum absolute atomic E-state index is 0.0419. The average Bonchev–Trinajstić information content (AvgIpc) is 3.51. The largest absolute Gasteiger partial charge is 0.444 e. The number of nitrogens with one attached hydrogen (secondary N) is 2. The van der Waals surface area contributed by atoms with Crippen molar-refractivity contribution in [2.24, 2.45) is 0 Å². The molecule has 2 heterocycles. The van der Waals surface area contributed by atoms with E-state index in [2.05, 4.69) is 10.6 Å². The molecule has 2 aliphatic heterocycles. The number of fused-ring (bicyclic) bond motifs is 2. The van der Waals surface area contributed by atoms with Crippen LogP contribution < -0.4 is 10.6 Å². The molecule has 0 unspecified atom stereocenters. The van der Waals surface area contributed by atoms with Crippen LogP contribution in [0, 0.1) is 0 Å². The summed E-state index contributed by atoms with van der Waals surface area (Å²) in [7, 11) is 1.65. The third-order valence-corrected chi connectivity index (χ3v) is 9.62. The summed E-state index contributed by atoms with van der Waals surface area (Å²) in [6, 6.07) is 39.2. The monoisotopic (exact) mass is 696 g/mol. The van der Waals surface area contributed by atoms with Crippen molar-refractivity contribution in [1.82, 2.24) is 25.1 Å². The van der Waals surface area contributed by atoms with Gasteiger partial charge in [0.1, 0.15) is 18.8 Å². The van der Waals surface area contributed by atoms with Gasteiger partial charge in [0.25, 0.3) is 0 Å². The molecule has 5 amide bonds. The van der Waals surface area contributed by atoms with E-state index in [0.717, 1.165) is 33.0 Å². The Hall–Kier alpha value is -6.20. The number of anilines is 1. The zero-order valence-corrected chi connectivity index (χ0v) is 28.9. The summed E-state index contributed by atoms with van der Waals surface area (Å²) in [4.78, 5) is 57.4. The van der Waals surface area contributed by atoms with Gasteiger partial charge in [-0.15, -0.1) is 0 Å². The second kappa shape index (κ2) is 15.4. The number of urea groups is 1. The molecule has 11 heteroatoms. The maximum atomic E-state index is 14.4. The van der Waals surface area contributed by atoms with E-state index in [-0.39, 0.29) is 44.0 Å². The summed E-state index contributed by atoms with van der Waals surface area (Å²) >= 11 is 0. The summed E-state index contributed by atoms with van der Waals surface area (Å²) in [5.41, 5.74) is 4.19. The quantitative estimate of drug-likeness (QED) is 0.192. The Kier molecular flexibility index (Phi) is 10.1. The van der Waals surface area contributed by atoms with Crippen molar-refractivity contribution in [1.29, 1.82) is 0 Å². The Morgan fingerprint density at radius 3 is 2.21 bits per heavy atom. The van der Waals surface area contributed by atoms with Gasteiger partial charge in [-0.2, -0.15) is 5.01 Å². The van der Waals surface area contributed by atoms with Crippen molar-refractivity contribution in [3.63, 3.8) is 0 Å². The lowest BCUT2D eigenvalue weighted by atomic mass is 9.98. The van der Waals surface area contributed by atoms with Crippen molar-refractivity contribution in [2.45, 2.75) is 38.3 Å². The maximum Gasteiger partial charge on any atom is 0.411 e. The zero-order chi connectivity index (χ0) is 36.0. The van der Waals surface area contributed by atoms with Crippen molar-refractivity contribution >= 4 is 40.4 Å². The van der Waals surface area contributed by atoms with Gasteiger partial charge in [0.15, 0.2) is 0 Å². The van der Waals surface area contributed by atoms with E-state index in [1.165, 1.54) is 5.01 Å². The molecule has 52 heavy (non-hydrogen) atoms. The van der Waals surface area contributed by atoms with Gasteiger partial charge in [0.05, 0.1) is 13.1 Å². The van der Waals surface area contributed by atoms with Crippen LogP contribution in [0.25, 0.3) is 10.8 Å². The Labute approximate surface area is 302 Å². The second-order valence-corrected chi connectivity index (χ2v) is 13.0. The van der Waals surface area contributed by atoms with Gasteiger partial charge < -0.3 is 19.9 Å². The van der Waals surface area contributed by atoms with Gasteiger partial charge in [-0.25, -0.2) is 9.59 Å². The second-order valence-electron chi connectivity index (χ2n) is 13.0. The first kappa shape index (κ1) is 34.3. The minimum atomic E-state index is -0.804. The van der Waals surface area contributed by atoms with Crippen molar-refractivity contribution in [3.8, 4) is 0 Å². The normalized spacial score (nSPS) is 17.2. The molecule has 11 nitrogen and oxygen atoms in total. The number of piperazine rings is 1. The first-order valence-corrected chi connectivity index (χ1v) is 17.3. The third-order valence-electron chi connectivity index (χ3n) is 9.62. The SMILES string of the molecule is CN(C(=O)NCc1ccccc1)N1CC(=O)N2[C@@H](Cc3ccc(NC(=O)OCc4ccccc4)cc3)C(=O)N(Cc3cccc4ccccc34)C[C@@H]21. The van der Waals surface area contributed by atoms with Crippen LogP contribution in [0.2, 0.25) is 0 Å². The van der Waals surface area contributed by atoms with Gasteiger partial charge >= 0.3 is 12.1 Å². The molecule has 7 rings (SSSR count). The van der Waals surface area contributed by atoms with Crippen LogP contribution in [-0.2, 0) is 40.4 Å². The standard InChI is InChI=1S/C41H40N6O5/c1-44(40(50)42-24-30-11-4-2-5-12-30)46-27-38(48)47-36(23-29-19-21-34(22-20-29)43-41(51)52-28-31-13-6-3-7-14-31)39(49)45(26-37(46)47)25-33-17-10-16-32-15-8-9-18-35(32)33/h2-22,36-37H,23-28H2,1H3,(H,42,50)(H,43,51)/t36-,37+/m0/s1. The van der Waals surface area contributed by atoms with Crippen LogP contribution in [0.5, 0.6) is 0 Å². The van der Waals surface area contributed by atoms with E-state index in [1.807, 2.05) is 115 Å². The van der Waals surface area contributed by atoms with Gasteiger partial charge in [-0.1, -0.05) is 115 Å². The lowest BCUT2D eigenvalue weighted by Crippen LogP contribution is -2.65. The van der Waals surface area contributed by atoms with Crippen molar-refractivity contribution in [3.05, 3.63) is 150 Å². The fraction of sp³-hybridized carbons (Fsp3) is 0.220. The zero-order valence-electron chi connectivity index (χ0n) is 28.9. The highest BCUT2D eigenvalue weighted by molar-refractivity contribution is 5.92. The van der Waals surface area contributed by atoms with E-state index >= 15 is 0 Å². The topological polar surface area (TPSA) is 115 Å². The molecule has 2 fully saturated rings. The minimum Gasteiger partial charge on any atom is -0.444 e. The molecule has 0 spiro atoms. The molecule has 5 aromatic carbocycles. The van der Waals surface area contributed by atoms with Crippen LogP contribution in [0.15, 0.2) is 127 Å². The predicted octanol–water partition coefficient (Wildman–Crippen LogP) is 5.77. The first-order chi connectivity index (χ1) is 25.3. The molecular formula is C41H40N6O5. The van der Waals surface area contributed by atoms with Gasteiger partial charge in [-0.05, 0) is 45.2 Å². The van der Waals surface area contributed by atoms with E-state index < -0.39 is 18.3 Å². The number of nitrogens with zero attached hydrogens (tertiary/aromatic N) is 4. The van der Waals surface area contributed by atoms with Crippen LogP contribution >= 0.6 is 0 Å². The van der Waals surface area contributed by atoms with E-state index in [0.29, 0.717) is 18.8 Å². The smallest absolute Gasteiger partial charge is 0.411 e. The van der Waals surface area contributed by atoms with Gasteiger partial charge in [0.2, 0.25) is 11.8 Å². The van der Waals surface area contributed by atoms with E-state index in [4.69, 9.17) is 4.74 Å². The van der Waals surface area contributed by atoms with Gasteiger partial charge in [-0.3, -0.25) is 19.9 Å². The number of carbonyl (C=O) groups excluding carboxylic acids is 4. The van der Waals surface area contributed by atoms with Crippen LogP contribution in [0.3, 0.4) is 0 Å². The Balaban J connectivity index is 1.10. The fourth-order valence-corrected chi connectivity index (χ4v) is 6.92. The number of hydrogen-bond donors (Lipinski definition) is 2. The molecule has 2 atom stereocenters. The number of amides is 5. The van der Waals surface area contributed by atoms with Crippen LogP contribution in [0.4, 0.5) is 15.3 Å². The number of benzene rings is 5. The predicted molar refractivity (Wildman–Crippen MR) is 197 cm³/mol. The summed E-state index contributed by atoms with van der Waals surface area (Å²) in [6.45, 7) is 1.02. The van der Waals surface area contributed by atoms with Crippen molar-refractivity contribution in [2.75, 3.05) is 25.5 Å². The molecule has 0 aromatic heterocycles. The van der Waals surface area contributed by atoms with Crippen LogP contribution in [0.1, 0.15) is 22.3 Å². The number of ether oxygens (including phenoxy) is 1. The highest BCUT2D eigenvalue weighted by atomic mass is 16.5. The molecule has 2 N–H and O–H groups in total. The highest BCUT2D eigenvalue weighted by Crippen LogP contribution is 2.31. The number of hydrogen-bond acceptors (Lipinski definition) is 6. The summed E-state index contributed by atoms with van der Waals surface area (Å²) in [5, 5.41) is 11.0. The molecule has 5 aromatic rings. The van der Waals surface area contributed by atoms with E-state index in [1.54, 1.807) is 34.0 Å². The molecular weight excluding hydrogens is 656 g/mol. The lowest BCUT2D eigenvalue weighted by molar-refractivity contribution is -0.157. The average molecular weight is 697 g/mol. The summed E-state index contributed by atoms with van der Waals surface area (Å²) < 4.78 is 5.35. The fourth-order valence-electron chi connectivity index (χ4n) is 6.92. The molecule has 2 saturated heterocycles. The molecule has 0 bridgehead atoms. The Morgan fingerprint density at radius 1 is 0.788 bits per heavy atom. The summed E-state index contributed by atoms with van der Waals surface area (Å²) in [6.07, 6.45) is -0.882.